The largest absolute Gasteiger partial charge is 0.489 e. The van der Waals surface area contributed by atoms with Crippen molar-refractivity contribution in [2.75, 3.05) is 5.32 Å². The van der Waals surface area contributed by atoms with E-state index in [-0.39, 0.29) is 5.91 Å². The minimum Gasteiger partial charge on any atom is -0.489 e. The SMILES string of the molecule is O=C(NC1CC1)c1ccc(Nc2ccc(OCc3ccccc3)cc2)nn1. The third-order valence-corrected chi connectivity index (χ3v) is 4.18. The molecule has 0 radical (unpaired) electrons. The van der Waals surface area contributed by atoms with E-state index < -0.39 is 0 Å². The highest BCUT2D eigenvalue weighted by molar-refractivity contribution is 5.92. The Morgan fingerprint density at radius 1 is 0.963 bits per heavy atom. The monoisotopic (exact) mass is 360 g/mol. The van der Waals surface area contributed by atoms with Crippen LogP contribution in [0.4, 0.5) is 11.5 Å². The Kier molecular flexibility index (Phi) is 4.96. The van der Waals surface area contributed by atoms with Crippen LogP contribution >= 0.6 is 0 Å². The van der Waals surface area contributed by atoms with Crippen LogP contribution < -0.4 is 15.4 Å². The van der Waals surface area contributed by atoms with E-state index in [1.165, 1.54) is 0 Å². The lowest BCUT2D eigenvalue weighted by Gasteiger charge is -2.09. The number of carbonyl (C=O) groups is 1. The zero-order chi connectivity index (χ0) is 18.5. The van der Waals surface area contributed by atoms with Crippen molar-refractivity contribution >= 4 is 17.4 Å². The van der Waals surface area contributed by atoms with E-state index in [0.29, 0.717) is 24.2 Å². The van der Waals surface area contributed by atoms with Gasteiger partial charge in [-0.25, -0.2) is 0 Å². The van der Waals surface area contributed by atoms with Crippen LogP contribution in [-0.4, -0.2) is 22.1 Å². The molecule has 6 heteroatoms. The molecule has 0 spiro atoms. The first-order valence-electron chi connectivity index (χ1n) is 8.95. The first-order valence-corrected chi connectivity index (χ1v) is 8.95. The zero-order valence-corrected chi connectivity index (χ0v) is 14.8. The normalized spacial score (nSPS) is 13.0. The van der Waals surface area contributed by atoms with Gasteiger partial charge in [0.05, 0.1) is 0 Å². The predicted molar refractivity (Wildman–Crippen MR) is 103 cm³/mol. The molecule has 2 aromatic carbocycles. The molecule has 2 N–H and O–H groups in total. The molecule has 0 unspecified atom stereocenters. The summed E-state index contributed by atoms with van der Waals surface area (Å²) in [5.74, 6) is 1.20. The molecule has 1 fully saturated rings. The number of benzene rings is 2. The maximum Gasteiger partial charge on any atom is 0.272 e. The van der Waals surface area contributed by atoms with Crippen LogP contribution in [0.25, 0.3) is 0 Å². The standard InChI is InChI=1S/C21H20N4O2/c26-21(23-17-6-7-17)19-12-13-20(25-24-19)22-16-8-10-18(11-9-16)27-14-15-4-2-1-3-5-15/h1-5,8-13,17H,6-7,14H2,(H,22,25)(H,23,26). The van der Waals surface area contributed by atoms with Gasteiger partial charge in [-0.15, -0.1) is 10.2 Å². The second-order valence-electron chi connectivity index (χ2n) is 6.48. The molecule has 1 aliphatic rings. The lowest BCUT2D eigenvalue weighted by molar-refractivity contribution is 0.0945. The summed E-state index contributed by atoms with van der Waals surface area (Å²) < 4.78 is 5.78. The molecule has 0 bridgehead atoms. The van der Waals surface area contributed by atoms with Crippen molar-refractivity contribution in [3.63, 3.8) is 0 Å². The number of nitrogens with one attached hydrogen (secondary N) is 2. The van der Waals surface area contributed by atoms with E-state index in [0.717, 1.165) is 29.8 Å². The van der Waals surface area contributed by atoms with E-state index in [1.54, 1.807) is 12.1 Å². The Labute approximate surface area is 157 Å². The van der Waals surface area contributed by atoms with Crippen molar-refractivity contribution in [3.8, 4) is 5.75 Å². The van der Waals surface area contributed by atoms with Crippen molar-refractivity contribution in [1.82, 2.24) is 15.5 Å². The average Bonchev–Trinajstić information content (AvgIpc) is 3.53. The molecule has 0 aliphatic heterocycles. The fraction of sp³-hybridized carbons (Fsp3) is 0.190. The third-order valence-electron chi connectivity index (χ3n) is 4.18. The molecule has 1 aliphatic carbocycles. The van der Waals surface area contributed by atoms with Gasteiger partial charge in [-0.3, -0.25) is 4.79 Å². The van der Waals surface area contributed by atoms with Crippen molar-refractivity contribution in [2.45, 2.75) is 25.5 Å². The van der Waals surface area contributed by atoms with E-state index >= 15 is 0 Å². The smallest absolute Gasteiger partial charge is 0.272 e. The Hall–Kier alpha value is -3.41. The summed E-state index contributed by atoms with van der Waals surface area (Å²) in [7, 11) is 0. The highest BCUT2D eigenvalue weighted by Crippen LogP contribution is 2.21. The summed E-state index contributed by atoms with van der Waals surface area (Å²) in [5.41, 5.74) is 2.32. The minimum absolute atomic E-state index is 0.170. The number of rotatable bonds is 7. The van der Waals surface area contributed by atoms with Gasteiger partial charge in [0.1, 0.15) is 12.4 Å². The second kappa shape index (κ2) is 7.86. The van der Waals surface area contributed by atoms with Gasteiger partial charge < -0.3 is 15.4 Å². The predicted octanol–water partition coefficient (Wildman–Crippen LogP) is 3.69. The first-order chi connectivity index (χ1) is 13.3. The number of amides is 1. The maximum atomic E-state index is 11.9. The highest BCUT2D eigenvalue weighted by atomic mass is 16.5. The third kappa shape index (κ3) is 4.82. The van der Waals surface area contributed by atoms with Gasteiger partial charge in [0.15, 0.2) is 11.5 Å². The number of nitrogens with zero attached hydrogens (tertiary/aromatic N) is 2. The maximum absolute atomic E-state index is 11.9. The number of carbonyl (C=O) groups excluding carboxylic acids is 1. The van der Waals surface area contributed by atoms with Crippen LogP contribution in [0, 0.1) is 0 Å². The van der Waals surface area contributed by atoms with E-state index in [4.69, 9.17) is 4.74 Å². The van der Waals surface area contributed by atoms with Crippen LogP contribution in [0.5, 0.6) is 5.75 Å². The molecule has 6 nitrogen and oxygen atoms in total. The topological polar surface area (TPSA) is 76.1 Å². The number of hydrogen-bond donors (Lipinski definition) is 2. The molecule has 1 amide bonds. The number of ether oxygens (including phenoxy) is 1. The molecule has 0 saturated heterocycles. The van der Waals surface area contributed by atoms with Crippen LogP contribution in [0.15, 0.2) is 66.7 Å². The number of aromatic nitrogens is 2. The second-order valence-corrected chi connectivity index (χ2v) is 6.48. The number of hydrogen-bond acceptors (Lipinski definition) is 5. The van der Waals surface area contributed by atoms with Crippen molar-refractivity contribution in [1.29, 1.82) is 0 Å². The molecule has 4 rings (SSSR count). The molecular formula is C21H20N4O2. The summed E-state index contributed by atoms with van der Waals surface area (Å²) >= 11 is 0. The van der Waals surface area contributed by atoms with E-state index in [1.807, 2.05) is 54.6 Å². The van der Waals surface area contributed by atoms with Gasteiger partial charge >= 0.3 is 0 Å². The van der Waals surface area contributed by atoms with Gasteiger partial charge in [-0.2, -0.15) is 0 Å². The molecule has 1 heterocycles. The van der Waals surface area contributed by atoms with E-state index in [9.17, 15) is 4.79 Å². The van der Waals surface area contributed by atoms with Crippen LogP contribution in [0.1, 0.15) is 28.9 Å². The average molecular weight is 360 g/mol. The minimum atomic E-state index is -0.170. The summed E-state index contributed by atoms with van der Waals surface area (Å²) in [6.45, 7) is 0.531. The molecule has 0 atom stereocenters. The van der Waals surface area contributed by atoms with Gasteiger partial charge in [0.25, 0.3) is 5.91 Å². The quantitative estimate of drug-likeness (QED) is 0.672. The Morgan fingerprint density at radius 2 is 1.74 bits per heavy atom. The molecular weight excluding hydrogens is 340 g/mol. The summed E-state index contributed by atoms with van der Waals surface area (Å²) in [6.07, 6.45) is 2.09. The summed E-state index contributed by atoms with van der Waals surface area (Å²) in [4.78, 5) is 11.9. The fourth-order valence-corrected chi connectivity index (χ4v) is 2.53. The van der Waals surface area contributed by atoms with E-state index in [2.05, 4.69) is 20.8 Å². The van der Waals surface area contributed by atoms with Gasteiger partial charge in [-0.1, -0.05) is 30.3 Å². The summed E-state index contributed by atoms with van der Waals surface area (Å²) in [5, 5.41) is 14.1. The molecule has 1 aromatic heterocycles. The lowest BCUT2D eigenvalue weighted by Crippen LogP contribution is -2.26. The molecule has 3 aromatic rings. The van der Waals surface area contributed by atoms with Crippen molar-refractivity contribution < 1.29 is 9.53 Å². The van der Waals surface area contributed by atoms with Gasteiger partial charge in [-0.05, 0) is 54.8 Å². The summed E-state index contributed by atoms with van der Waals surface area (Å²) in [6, 6.07) is 21.4. The molecule has 1 saturated carbocycles. The Balaban J connectivity index is 1.31. The van der Waals surface area contributed by atoms with Gasteiger partial charge in [0, 0.05) is 11.7 Å². The Morgan fingerprint density at radius 3 is 2.41 bits per heavy atom. The number of anilines is 2. The fourth-order valence-electron chi connectivity index (χ4n) is 2.53. The van der Waals surface area contributed by atoms with Gasteiger partial charge in [0.2, 0.25) is 0 Å². The Bertz CT molecular complexity index is 892. The van der Waals surface area contributed by atoms with Crippen molar-refractivity contribution in [3.05, 3.63) is 78.0 Å². The van der Waals surface area contributed by atoms with Crippen LogP contribution in [-0.2, 0) is 6.61 Å². The molecule has 136 valence electrons. The molecule has 27 heavy (non-hydrogen) atoms. The lowest BCUT2D eigenvalue weighted by atomic mass is 10.2. The first kappa shape index (κ1) is 17.0. The van der Waals surface area contributed by atoms with Crippen LogP contribution in [0.2, 0.25) is 0 Å². The van der Waals surface area contributed by atoms with Crippen molar-refractivity contribution in [2.24, 2.45) is 0 Å². The van der Waals surface area contributed by atoms with Crippen LogP contribution in [0.3, 0.4) is 0 Å². The zero-order valence-electron chi connectivity index (χ0n) is 14.8. The highest BCUT2D eigenvalue weighted by Gasteiger charge is 2.24.